The van der Waals surface area contributed by atoms with E-state index in [1.807, 2.05) is 25.1 Å². The molecule has 2 rings (SSSR count). The van der Waals surface area contributed by atoms with Crippen molar-refractivity contribution in [2.45, 2.75) is 32.6 Å². The first kappa shape index (κ1) is 19.2. The maximum atomic E-state index is 12.5. The van der Waals surface area contributed by atoms with Gasteiger partial charge < -0.3 is 4.90 Å². The normalized spacial score (nSPS) is 16.8. The van der Waals surface area contributed by atoms with Crippen LogP contribution in [0, 0.1) is 0 Å². The highest BCUT2D eigenvalue weighted by atomic mass is 35.5. The Morgan fingerprint density at radius 3 is 2.62 bits per heavy atom. The zero-order valence-electron chi connectivity index (χ0n) is 14.1. The number of sulfonamides is 1. The molecule has 0 saturated carbocycles. The third kappa shape index (κ3) is 5.19. The molecule has 0 unspecified atom stereocenters. The molecule has 1 amide bonds. The quantitative estimate of drug-likeness (QED) is 0.771. The van der Waals surface area contributed by atoms with Crippen LogP contribution in [0.3, 0.4) is 0 Å². The first-order valence-electron chi connectivity index (χ1n) is 8.43. The molecule has 1 heterocycles. The third-order valence-corrected chi connectivity index (χ3v) is 6.58. The molecular formula is C17H25ClN2O3S. The lowest BCUT2D eigenvalue weighted by molar-refractivity contribution is -0.130. The summed E-state index contributed by atoms with van der Waals surface area (Å²) in [5, 5.41) is 0.587. The van der Waals surface area contributed by atoms with Crippen LogP contribution in [0.15, 0.2) is 24.3 Å². The molecule has 1 aliphatic heterocycles. The number of benzene rings is 1. The van der Waals surface area contributed by atoms with Gasteiger partial charge in [-0.2, -0.15) is 0 Å². The molecule has 1 saturated heterocycles. The van der Waals surface area contributed by atoms with Gasteiger partial charge in [-0.1, -0.05) is 43.1 Å². The molecule has 7 heteroatoms. The summed E-state index contributed by atoms with van der Waals surface area (Å²) in [4.78, 5) is 14.2. The lowest BCUT2D eigenvalue weighted by Crippen LogP contribution is -2.38. The first-order chi connectivity index (χ1) is 11.4. The maximum Gasteiger partial charge on any atom is 0.227 e. The summed E-state index contributed by atoms with van der Waals surface area (Å²) < 4.78 is 26.2. The molecule has 0 aliphatic carbocycles. The number of hydrogen-bond acceptors (Lipinski definition) is 3. The van der Waals surface area contributed by atoms with Crippen molar-refractivity contribution in [2.24, 2.45) is 0 Å². The van der Waals surface area contributed by atoms with Gasteiger partial charge in [0, 0.05) is 31.2 Å². The molecule has 134 valence electrons. The van der Waals surface area contributed by atoms with E-state index in [1.54, 1.807) is 11.0 Å². The summed E-state index contributed by atoms with van der Waals surface area (Å²) in [6.07, 6.45) is 2.45. The van der Waals surface area contributed by atoms with Crippen molar-refractivity contribution >= 4 is 27.5 Å². The Morgan fingerprint density at radius 1 is 1.17 bits per heavy atom. The molecule has 0 N–H and O–H groups in total. The monoisotopic (exact) mass is 372 g/mol. The van der Waals surface area contributed by atoms with E-state index >= 15 is 0 Å². The van der Waals surface area contributed by atoms with Gasteiger partial charge in [0.25, 0.3) is 0 Å². The highest BCUT2D eigenvalue weighted by molar-refractivity contribution is 7.89. The predicted molar refractivity (Wildman–Crippen MR) is 96.6 cm³/mol. The molecule has 24 heavy (non-hydrogen) atoms. The average Bonchev–Trinajstić information content (AvgIpc) is 2.82. The number of carbonyl (C=O) groups excluding carboxylic acids is 1. The van der Waals surface area contributed by atoms with E-state index in [-0.39, 0.29) is 18.1 Å². The fourth-order valence-corrected chi connectivity index (χ4v) is 4.67. The van der Waals surface area contributed by atoms with Gasteiger partial charge in [-0.25, -0.2) is 12.7 Å². The average molecular weight is 373 g/mol. The first-order valence-corrected chi connectivity index (χ1v) is 10.4. The minimum Gasteiger partial charge on any atom is -0.341 e. The Balaban J connectivity index is 1.95. The summed E-state index contributed by atoms with van der Waals surface area (Å²) in [6, 6.07) is 7.31. The molecular weight excluding hydrogens is 348 g/mol. The molecule has 0 spiro atoms. The van der Waals surface area contributed by atoms with Gasteiger partial charge in [0.15, 0.2) is 0 Å². The van der Waals surface area contributed by atoms with Crippen molar-refractivity contribution in [2.75, 3.05) is 31.9 Å². The van der Waals surface area contributed by atoms with Gasteiger partial charge in [0.2, 0.25) is 15.9 Å². The van der Waals surface area contributed by atoms with Crippen molar-refractivity contribution in [3.05, 3.63) is 34.9 Å². The predicted octanol–water partition coefficient (Wildman–Crippen LogP) is 2.55. The third-order valence-electron chi connectivity index (χ3n) is 4.26. The summed E-state index contributed by atoms with van der Waals surface area (Å²) in [7, 11) is -3.21. The van der Waals surface area contributed by atoms with Crippen LogP contribution >= 0.6 is 11.6 Å². The molecule has 0 atom stereocenters. The fourth-order valence-electron chi connectivity index (χ4n) is 2.79. The van der Waals surface area contributed by atoms with Crippen LogP contribution in [0.4, 0.5) is 0 Å². The molecule has 1 aromatic rings. The second kappa shape index (κ2) is 8.83. The summed E-state index contributed by atoms with van der Waals surface area (Å²) in [5.74, 6) is 0.188. The minimum absolute atomic E-state index is 0.00379. The Hall–Kier alpha value is -1.11. The van der Waals surface area contributed by atoms with Gasteiger partial charge in [-0.05, 0) is 24.5 Å². The Kier molecular flexibility index (Phi) is 7.07. The summed E-state index contributed by atoms with van der Waals surface area (Å²) >= 11 is 6.11. The molecule has 0 bridgehead atoms. The van der Waals surface area contributed by atoms with E-state index in [0.29, 0.717) is 44.0 Å². The van der Waals surface area contributed by atoms with Crippen molar-refractivity contribution < 1.29 is 13.2 Å². The minimum atomic E-state index is -3.21. The highest BCUT2D eigenvalue weighted by Crippen LogP contribution is 2.17. The van der Waals surface area contributed by atoms with Crippen LogP contribution < -0.4 is 0 Å². The standard InChI is InChI=1S/C17H25ClN2O3S/c1-2-3-13-24(22,23)20-10-6-9-19(11-12-20)17(21)14-15-7-4-5-8-16(15)18/h4-5,7-8H,2-3,6,9-14H2,1H3. The van der Waals surface area contributed by atoms with Crippen LogP contribution in [0.1, 0.15) is 31.7 Å². The molecule has 1 aromatic carbocycles. The summed E-state index contributed by atoms with van der Waals surface area (Å²) in [5.41, 5.74) is 0.806. The topological polar surface area (TPSA) is 57.7 Å². The largest absolute Gasteiger partial charge is 0.341 e. The second-order valence-electron chi connectivity index (χ2n) is 6.07. The number of unbranched alkanes of at least 4 members (excludes halogenated alkanes) is 1. The van der Waals surface area contributed by atoms with E-state index in [4.69, 9.17) is 11.6 Å². The number of hydrogen-bond donors (Lipinski definition) is 0. The van der Waals surface area contributed by atoms with Crippen molar-refractivity contribution in [3.63, 3.8) is 0 Å². The van der Waals surface area contributed by atoms with Gasteiger partial charge in [-0.15, -0.1) is 0 Å². The van der Waals surface area contributed by atoms with Gasteiger partial charge in [0.1, 0.15) is 0 Å². The lowest BCUT2D eigenvalue weighted by atomic mass is 10.1. The molecule has 5 nitrogen and oxygen atoms in total. The van der Waals surface area contributed by atoms with E-state index in [1.165, 1.54) is 4.31 Å². The number of carbonyl (C=O) groups is 1. The summed E-state index contributed by atoms with van der Waals surface area (Å²) in [6.45, 7) is 3.87. The molecule has 0 radical (unpaired) electrons. The number of nitrogens with zero attached hydrogens (tertiary/aromatic N) is 2. The Bertz CT molecular complexity index is 664. The van der Waals surface area contributed by atoms with Gasteiger partial charge in [-0.3, -0.25) is 4.79 Å². The van der Waals surface area contributed by atoms with Crippen LogP contribution in [0.2, 0.25) is 5.02 Å². The van der Waals surface area contributed by atoms with Crippen LogP contribution in [0.5, 0.6) is 0 Å². The number of rotatable bonds is 6. The zero-order chi connectivity index (χ0) is 17.6. The van der Waals surface area contributed by atoms with E-state index in [2.05, 4.69) is 0 Å². The lowest BCUT2D eigenvalue weighted by Gasteiger charge is -2.22. The van der Waals surface area contributed by atoms with Crippen molar-refractivity contribution in [3.8, 4) is 0 Å². The molecule has 0 aromatic heterocycles. The zero-order valence-corrected chi connectivity index (χ0v) is 15.7. The Labute approximate surface area is 149 Å². The molecule has 1 fully saturated rings. The fraction of sp³-hybridized carbons (Fsp3) is 0.588. The highest BCUT2D eigenvalue weighted by Gasteiger charge is 2.26. The van der Waals surface area contributed by atoms with Gasteiger partial charge >= 0.3 is 0 Å². The van der Waals surface area contributed by atoms with Crippen LogP contribution in [-0.4, -0.2) is 55.5 Å². The SMILES string of the molecule is CCCCS(=O)(=O)N1CCCN(C(=O)Cc2ccccc2Cl)CC1. The van der Waals surface area contributed by atoms with Crippen molar-refractivity contribution in [1.29, 1.82) is 0 Å². The maximum absolute atomic E-state index is 12.5. The number of amides is 1. The smallest absolute Gasteiger partial charge is 0.227 e. The van der Waals surface area contributed by atoms with Gasteiger partial charge in [0.05, 0.1) is 12.2 Å². The van der Waals surface area contributed by atoms with E-state index < -0.39 is 10.0 Å². The molecule has 1 aliphatic rings. The van der Waals surface area contributed by atoms with E-state index in [0.717, 1.165) is 12.0 Å². The van der Waals surface area contributed by atoms with Crippen LogP contribution in [-0.2, 0) is 21.2 Å². The number of halogens is 1. The second-order valence-corrected chi connectivity index (χ2v) is 8.57. The van der Waals surface area contributed by atoms with Crippen molar-refractivity contribution in [1.82, 2.24) is 9.21 Å². The van der Waals surface area contributed by atoms with E-state index in [9.17, 15) is 13.2 Å². The Morgan fingerprint density at radius 2 is 1.92 bits per heavy atom. The van der Waals surface area contributed by atoms with Crippen LogP contribution in [0.25, 0.3) is 0 Å².